The van der Waals surface area contributed by atoms with E-state index in [4.69, 9.17) is 21.4 Å². The molecule has 1 N–H and O–H groups in total. The molecule has 7 nitrogen and oxygen atoms in total. The van der Waals surface area contributed by atoms with Crippen LogP contribution in [0.1, 0.15) is 44.8 Å². The van der Waals surface area contributed by atoms with Crippen molar-refractivity contribution in [2.75, 3.05) is 16.8 Å². The second-order valence-electron chi connectivity index (χ2n) is 8.70. The number of carbonyl (C=O) groups excluding carboxylic acids is 2. The maximum Gasteiger partial charge on any atom is 0.256 e. The van der Waals surface area contributed by atoms with E-state index in [-0.39, 0.29) is 18.2 Å². The number of carbonyl (C=O) groups is 2. The SMILES string of the molecule is CCCCCCOc1ccc(NC(=O)C[C@@H]2C(=O)N(c3ccccc3)C(=S)N2Cc2ccco2)cc1. The first kappa shape index (κ1) is 25.4. The van der Waals surface area contributed by atoms with E-state index < -0.39 is 6.04 Å². The zero-order valence-electron chi connectivity index (χ0n) is 20.4. The third-order valence-electron chi connectivity index (χ3n) is 6.02. The third-order valence-corrected chi connectivity index (χ3v) is 6.44. The minimum absolute atomic E-state index is 0.0430. The van der Waals surface area contributed by atoms with Crippen LogP contribution in [-0.4, -0.2) is 34.5 Å². The van der Waals surface area contributed by atoms with Crippen molar-refractivity contribution < 1.29 is 18.7 Å². The van der Waals surface area contributed by atoms with Crippen molar-refractivity contribution in [1.82, 2.24) is 4.90 Å². The summed E-state index contributed by atoms with van der Waals surface area (Å²) in [5.74, 6) is 0.920. The van der Waals surface area contributed by atoms with E-state index in [1.54, 1.807) is 29.4 Å². The Morgan fingerprint density at radius 2 is 1.81 bits per heavy atom. The summed E-state index contributed by atoms with van der Waals surface area (Å²) in [5.41, 5.74) is 1.31. The van der Waals surface area contributed by atoms with Crippen LogP contribution in [0.3, 0.4) is 0 Å². The van der Waals surface area contributed by atoms with E-state index >= 15 is 0 Å². The molecular weight excluding hydrogens is 474 g/mol. The molecule has 188 valence electrons. The molecule has 8 heteroatoms. The molecule has 36 heavy (non-hydrogen) atoms. The summed E-state index contributed by atoms with van der Waals surface area (Å²) in [6.45, 7) is 3.16. The highest BCUT2D eigenvalue weighted by Gasteiger charge is 2.44. The fourth-order valence-electron chi connectivity index (χ4n) is 4.14. The molecule has 0 radical (unpaired) electrons. The van der Waals surface area contributed by atoms with E-state index in [2.05, 4.69) is 12.2 Å². The molecule has 0 spiro atoms. The van der Waals surface area contributed by atoms with Gasteiger partial charge in [0.1, 0.15) is 17.6 Å². The van der Waals surface area contributed by atoms with Gasteiger partial charge in [-0.25, -0.2) is 0 Å². The molecule has 1 aliphatic rings. The van der Waals surface area contributed by atoms with Crippen LogP contribution in [0.15, 0.2) is 77.4 Å². The van der Waals surface area contributed by atoms with Crippen molar-refractivity contribution in [3.63, 3.8) is 0 Å². The summed E-state index contributed by atoms with van der Waals surface area (Å²) < 4.78 is 11.3. The number of anilines is 2. The van der Waals surface area contributed by atoms with Gasteiger partial charge in [-0.15, -0.1) is 0 Å². The van der Waals surface area contributed by atoms with E-state index in [1.165, 1.54) is 17.7 Å². The van der Waals surface area contributed by atoms with Crippen molar-refractivity contribution in [3.8, 4) is 5.75 Å². The van der Waals surface area contributed by atoms with Gasteiger partial charge in [0, 0.05) is 5.69 Å². The summed E-state index contributed by atoms with van der Waals surface area (Å²) in [4.78, 5) is 29.6. The van der Waals surface area contributed by atoms with Crippen LogP contribution >= 0.6 is 12.2 Å². The number of rotatable bonds is 12. The third kappa shape index (κ3) is 6.31. The van der Waals surface area contributed by atoms with Crippen molar-refractivity contribution >= 4 is 40.5 Å². The Kier molecular flexibility index (Phi) is 8.73. The fourth-order valence-corrected chi connectivity index (χ4v) is 4.53. The smallest absolute Gasteiger partial charge is 0.256 e. The van der Waals surface area contributed by atoms with E-state index in [1.807, 2.05) is 48.5 Å². The van der Waals surface area contributed by atoms with Gasteiger partial charge in [-0.05, 0) is 67.2 Å². The van der Waals surface area contributed by atoms with Gasteiger partial charge in [0.05, 0.1) is 31.5 Å². The molecule has 1 atom stereocenters. The van der Waals surface area contributed by atoms with Gasteiger partial charge >= 0.3 is 0 Å². The van der Waals surface area contributed by atoms with Crippen LogP contribution in [0.25, 0.3) is 0 Å². The molecule has 2 amide bonds. The van der Waals surface area contributed by atoms with Gasteiger partial charge in [0.15, 0.2) is 5.11 Å². The number of amides is 2. The molecule has 1 fully saturated rings. The van der Waals surface area contributed by atoms with Gasteiger partial charge in [0.2, 0.25) is 5.91 Å². The lowest BCUT2D eigenvalue weighted by molar-refractivity contribution is -0.124. The summed E-state index contributed by atoms with van der Waals surface area (Å²) in [6, 6.07) is 19.4. The van der Waals surface area contributed by atoms with E-state index in [9.17, 15) is 9.59 Å². The number of unbranched alkanes of at least 4 members (excludes halogenated alkanes) is 3. The maximum atomic E-state index is 13.4. The minimum Gasteiger partial charge on any atom is -0.494 e. The maximum absolute atomic E-state index is 13.4. The Balaban J connectivity index is 1.40. The quantitative estimate of drug-likeness (QED) is 0.249. The molecule has 0 unspecified atom stereocenters. The van der Waals surface area contributed by atoms with Crippen molar-refractivity contribution in [2.24, 2.45) is 0 Å². The first-order valence-corrected chi connectivity index (χ1v) is 12.7. The van der Waals surface area contributed by atoms with Crippen LogP contribution in [0.5, 0.6) is 5.75 Å². The summed E-state index contributed by atoms with van der Waals surface area (Å²) in [7, 11) is 0. The molecule has 0 bridgehead atoms. The van der Waals surface area contributed by atoms with Crippen molar-refractivity contribution in [1.29, 1.82) is 0 Å². The number of hydrogen-bond acceptors (Lipinski definition) is 5. The van der Waals surface area contributed by atoms with Gasteiger partial charge in [-0.3, -0.25) is 14.5 Å². The number of furan rings is 1. The molecule has 1 aromatic heterocycles. The largest absolute Gasteiger partial charge is 0.494 e. The Labute approximate surface area is 217 Å². The second-order valence-corrected chi connectivity index (χ2v) is 9.07. The zero-order chi connectivity index (χ0) is 25.3. The minimum atomic E-state index is -0.742. The van der Waals surface area contributed by atoms with Gasteiger partial charge in [0.25, 0.3) is 5.91 Å². The Hall–Kier alpha value is -3.65. The zero-order valence-corrected chi connectivity index (χ0v) is 21.2. The molecule has 0 saturated carbocycles. The topological polar surface area (TPSA) is 75.0 Å². The summed E-state index contributed by atoms with van der Waals surface area (Å²) in [5, 5.41) is 3.24. The predicted molar refractivity (Wildman–Crippen MR) is 144 cm³/mol. The van der Waals surface area contributed by atoms with Crippen LogP contribution in [0.2, 0.25) is 0 Å². The van der Waals surface area contributed by atoms with Crippen LogP contribution in [0.4, 0.5) is 11.4 Å². The number of benzene rings is 2. The Morgan fingerprint density at radius 1 is 1.03 bits per heavy atom. The van der Waals surface area contributed by atoms with Crippen molar-refractivity contribution in [3.05, 3.63) is 78.8 Å². The monoisotopic (exact) mass is 505 g/mol. The van der Waals surface area contributed by atoms with Gasteiger partial charge < -0.3 is 19.4 Å². The molecule has 2 heterocycles. The standard InChI is InChI=1S/C28H31N3O4S/c1-2-3-4-8-17-34-23-15-13-21(14-16-23)29-26(32)19-25-27(33)31(22-10-6-5-7-11-22)28(36)30(25)20-24-12-9-18-35-24/h5-7,9-16,18,25H,2-4,8,17,19-20H2,1H3,(H,29,32)/t25-/m1/s1. The van der Waals surface area contributed by atoms with Crippen LogP contribution in [-0.2, 0) is 16.1 Å². The average molecular weight is 506 g/mol. The van der Waals surface area contributed by atoms with Crippen molar-refractivity contribution in [2.45, 2.75) is 51.6 Å². The lowest BCUT2D eigenvalue weighted by atomic mass is 10.1. The molecule has 0 aliphatic carbocycles. The molecule has 1 aliphatic heterocycles. The number of nitrogens with zero attached hydrogens (tertiary/aromatic N) is 2. The Bertz CT molecular complexity index is 1150. The van der Waals surface area contributed by atoms with Crippen LogP contribution in [0, 0.1) is 0 Å². The first-order valence-electron chi connectivity index (χ1n) is 12.3. The summed E-state index contributed by atoms with van der Waals surface area (Å²) >= 11 is 5.67. The molecule has 2 aromatic carbocycles. The van der Waals surface area contributed by atoms with Gasteiger partial charge in [-0.1, -0.05) is 44.4 Å². The first-order chi connectivity index (χ1) is 17.6. The fraction of sp³-hybridized carbons (Fsp3) is 0.321. The lowest BCUT2D eigenvalue weighted by Crippen LogP contribution is -2.37. The Morgan fingerprint density at radius 3 is 2.50 bits per heavy atom. The average Bonchev–Trinajstić information content (AvgIpc) is 3.48. The number of nitrogens with one attached hydrogen (secondary N) is 1. The number of para-hydroxylation sites is 1. The predicted octanol–water partition coefficient (Wildman–Crippen LogP) is 5.77. The molecule has 4 rings (SSSR count). The molecular formula is C28H31N3O4S. The molecule has 3 aromatic rings. The number of hydrogen-bond donors (Lipinski definition) is 1. The number of thiocarbonyl (C=S) groups is 1. The van der Waals surface area contributed by atoms with E-state index in [0.717, 1.165) is 18.6 Å². The highest BCUT2D eigenvalue weighted by atomic mass is 32.1. The number of ether oxygens (including phenoxy) is 1. The highest BCUT2D eigenvalue weighted by Crippen LogP contribution is 2.29. The molecule has 1 saturated heterocycles. The summed E-state index contributed by atoms with van der Waals surface area (Å²) in [6.07, 6.45) is 6.12. The normalized spacial score (nSPS) is 15.4. The van der Waals surface area contributed by atoms with Gasteiger partial charge in [-0.2, -0.15) is 0 Å². The highest BCUT2D eigenvalue weighted by molar-refractivity contribution is 7.80. The van der Waals surface area contributed by atoms with Crippen LogP contribution < -0.4 is 15.0 Å². The lowest BCUT2D eigenvalue weighted by Gasteiger charge is -2.22. The second kappa shape index (κ2) is 12.4. The van der Waals surface area contributed by atoms with E-state index in [0.29, 0.717) is 35.4 Å².